The first-order valence-corrected chi connectivity index (χ1v) is 7.04. The molecule has 0 amide bonds. The standard InChI is InChI=1S/C10H9I2N5O/c1-5-2-3-14-10(6(5)9(13)16-18)17-4-15-7(11)8(17)12/h2-4,18H,1H3,(H2,13,16). The van der Waals surface area contributed by atoms with Gasteiger partial charge in [0.15, 0.2) is 5.84 Å². The maximum atomic E-state index is 8.87. The Bertz CT molecular complexity index is 623. The molecule has 0 fully saturated rings. The fraction of sp³-hybridized carbons (Fsp3) is 0.100. The molecule has 2 aromatic heterocycles. The first kappa shape index (κ1) is 13.5. The summed E-state index contributed by atoms with van der Waals surface area (Å²) in [6, 6.07) is 1.81. The summed E-state index contributed by atoms with van der Waals surface area (Å²) in [5, 5.41) is 11.9. The van der Waals surface area contributed by atoms with Crippen LogP contribution in [0.25, 0.3) is 5.82 Å². The second-order valence-electron chi connectivity index (χ2n) is 3.51. The van der Waals surface area contributed by atoms with Gasteiger partial charge in [0.05, 0.1) is 5.56 Å². The Labute approximate surface area is 131 Å². The lowest BCUT2D eigenvalue weighted by Crippen LogP contribution is -2.19. The molecule has 8 heteroatoms. The van der Waals surface area contributed by atoms with Gasteiger partial charge in [0.2, 0.25) is 0 Å². The number of halogens is 2. The molecule has 3 N–H and O–H groups in total. The zero-order chi connectivity index (χ0) is 13.3. The fourth-order valence-corrected chi connectivity index (χ4v) is 2.43. The monoisotopic (exact) mass is 469 g/mol. The van der Waals surface area contributed by atoms with Crippen molar-refractivity contribution in [2.45, 2.75) is 6.92 Å². The van der Waals surface area contributed by atoms with E-state index in [-0.39, 0.29) is 5.84 Å². The van der Waals surface area contributed by atoms with Crippen molar-refractivity contribution < 1.29 is 5.21 Å². The minimum Gasteiger partial charge on any atom is -0.409 e. The molecule has 0 aliphatic rings. The van der Waals surface area contributed by atoms with Gasteiger partial charge < -0.3 is 10.9 Å². The summed E-state index contributed by atoms with van der Waals surface area (Å²) in [6.07, 6.45) is 3.35. The van der Waals surface area contributed by atoms with Crippen LogP contribution in [0, 0.1) is 14.3 Å². The lowest BCUT2D eigenvalue weighted by atomic mass is 10.1. The number of hydrogen-bond donors (Lipinski definition) is 2. The average Bonchev–Trinajstić information content (AvgIpc) is 2.69. The molecular formula is C10H9I2N5O. The van der Waals surface area contributed by atoms with Crippen molar-refractivity contribution in [1.29, 1.82) is 0 Å². The molecular weight excluding hydrogens is 460 g/mol. The minimum atomic E-state index is 0.0371. The van der Waals surface area contributed by atoms with Crippen molar-refractivity contribution in [3.05, 3.63) is 37.1 Å². The van der Waals surface area contributed by atoms with Gasteiger partial charge in [-0.3, -0.25) is 4.57 Å². The van der Waals surface area contributed by atoms with E-state index in [0.717, 1.165) is 13.0 Å². The highest BCUT2D eigenvalue weighted by Gasteiger charge is 2.16. The maximum Gasteiger partial charge on any atom is 0.174 e. The van der Waals surface area contributed by atoms with Gasteiger partial charge in [-0.1, -0.05) is 5.16 Å². The number of amidine groups is 1. The zero-order valence-corrected chi connectivity index (χ0v) is 13.6. The van der Waals surface area contributed by atoms with E-state index in [1.807, 2.05) is 17.6 Å². The average molecular weight is 469 g/mol. The third kappa shape index (κ3) is 2.30. The van der Waals surface area contributed by atoms with Gasteiger partial charge in [0.25, 0.3) is 0 Å². The smallest absolute Gasteiger partial charge is 0.174 e. The van der Waals surface area contributed by atoms with Crippen LogP contribution in [0.2, 0.25) is 0 Å². The molecule has 2 rings (SSSR count). The van der Waals surface area contributed by atoms with E-state index in [4.69, 9.17) is 10.9 Å². The second-order valence-corrected chi connectivity index (χ2v) is 5.55. The molecule has 0 unspecified atom stereocenters. The lowest BCUT2D eigenvalue weighted by Gasteiger charge is -2.11. The first-order chi connectivity index (χ1) is 8.56. The summed E-state index contributed by atoms with van der Waals surface area (Å²) in [6.45, 7) is 1.88. The highest BCUT2D eigenvalue weighted by molar-refractivity contribution is 14.1. The first-order valence-electron chi connectivity index (χ1n) is 4.88. The molecule has 0 saturated heterocycles. The Hall–Kier alpha value is -0.910. The summed E-state index contributed by atoms with van der Waals surface area (Å²) in [5.74, 6) is 0.639. The molecule has 2 heterocycles. The van der Waals surface area contributed by atoms with Gasteiger partial charge in [-0.2, -0.15) is 0 Å². The minimum absolute atomic E-state index is 0.0371. The Morgan fingerprint density at radius 2 is 2.17 bits per heavy atom. The van der Waals surface area contributed by atoms with Crippen LogP contribution in [0.3, 0.4) is 0 Å². The van der Waals surface area contributed by atoms with Gasteiger partial charge in [-0.15, -0.1) is 0 Å². The van der Waals surface area contributed by atoms with Crippen LogP contribution >= 0.6 is 45.2 Å². The van der Waals surface area contributed by atoms with Gasteiger partial charge in [0, 0.05) is 6.20 Å². The topological polar surface area (TPSA) is 89.3 Å². The molecule has 0 radical (unpaired) electrons. The quantitative estimate of drug-likeness (QED) is 0.231. The number of nitrogens with zero attached hydrogens (tertiary/aromatic N) is 4. The Kier molecular flexibility index (Phi) is 4.04. The highest BCUT2D eigenvalue weighted by atomic mass is 127. The predicted octanol–water partition coefficient (Wildman–Crippen LogP) is 1.88. The Morgan fingerprint density at radius 1 is 1.44 bits per heavy atom. The third-order valence-corrected chi connectivity index (χ3v) is 5.25. The van der Waals surface area contributed by atoms with Crippen LogP contribution in [0.15, 0.2) is 23.7 Å². The van der Waals surface area contributed by atoms with Gasteiger partial charge in [-0.05, 0) is 63.7 Å². The van der Waals surface area contributed by atoms with E-state index in [9.17, 15) is 0 Å². The number of aromatic nitrogens is 3. The number of nitrogens with two attached hydrogens (primary N) is 1. The predicted molar refractivity (Wildman–Crippen MR) is 84.0 cm³/mol. The SMILES string of the molecule is Cc1ccnc(-n2cnc(I)c2I)c1/C(N)=N/O. The molecule has 0 saturated carbocycles. The summed E-state index contributed by atoms with van der Waals surface area (Å²) in [5.41, 5.74) is 7.20. The molecule has 0 spiro atoms. The van der Waals surface area contributed by atoms with Crippen LogP contribution < -0.4 is 5.73 Å². The largest absolute Gasteiger partial charge is 0.409 e. The summed E-state index contributed by atoms with van der Waals surface area (Å²) < 4.78 is 3.61. The number of hydrogen-bond acceptors (Lipinski definition) is 4. The zero-order valence-electron chi connectivity index (χ0n) is 9.30. The van der Waals surface area contributed by atoms with Crippen molar-refractivity contribution in [3.8, 4) is 5.82 Å². The summed E-state index contributed by atoms with van der Waals surface area (Å²) in [7, 11) is 0. The van der Waals surface area contributed by atoms with Crippen molar-refractivity contribution in [2.24, 2.45) is 10.9 Å². The van der Waals surface area contributed by atoms with E-state index in [2.05, 4.69) is 60.3 Å². The Balaban J connectivity index is 2.72. The molecule has 0 aliphatic heterocycles. The van der Waals surface area contributed by atoms with Gasteiger partial charge in [-0.25, -0.2) is 9.97 Å². The maximum absolute atomic E-state index is 8.87. The van der Waals surface area contributed by atoms with E-state index in [0.29, 0.717) is 11.4 Å². The molecule has 18 heavy (non-hydrogen) atoms. The Morgan fingerprint density at radius 3 is 2.72 bits per heavy atom. The van der Waals surface area contributed by atoms with E-state index in [1.165, 1.54) is 0 Å². The number of rotatable bonds is 2. The van der Waals surface area contributed by atoms with Crippen LogP contribution in [-0.2, 0) is 0 Å². The second kappa shape index (κ2) is 5.38. The van der Waals surface area contributed by atoms with Crippen LogP contribution in [-0.4, -0.2) is 25.6 Å². The summed E-state index contributed by atoms with van der Waals surface area (Å²) in [4.78, 5) is 8.50. The van der Waals surface area contributed by atoms with Crippen LogP contribution in [0.5, 0.6) is 0 Å². The van der Waals surface area contributed by atoms with Gasteiger partial charge in [0.1, 0.15) is 19.5 Å². The molecule has 6 nitrogen and oxygen atoms in total. The molecule has 0 bridgehead atoms. The highest BCUT2D eigenvalue weighted by Crippen LogP contribution is 2.21. The van der Waals surface area contributed by atoms with Crippen molar-refractivity contribution >= 4 is 51.0 Å². The normalized spacial score (nSPS) is 11.8. The molecule has 0 atom stereocenters. The van der Waals surface area contributed by atoms with E-state index >= 15 is 0 Å². The van der Waals surface area contributed by atoms with E-state index < -0.39 is 0 Å². The molecule has 0 aliphatic carbocycles. The van der Waals surface area contributed by atoms with E-state index in [1.54, 1.807) is 12.5 Å². The number of oxime groups is 1. The van der Waals surface area contributed by atoms with Crippen molar-refractivity contribution in [2.75, 3.05) is 0 Å². The van der Waals surface area contributed by atoms with Crippen LogP contribution in [0.4, 0.5) is 0 Å². The molecule has 2 aromatic rings. The van der Waals surface area contributed by atoms with Gasteiger partial charge >= 0.3 is 0 Å². The third-order valence-electron chi connectivity index (χ3n) is 2.40. The van der Waals surface area contributed by atoms with Crippen molar-refractivity contribution in [1.82, 2.24) is 14.5 Å². The number of pyridine rings is 1. The number of aryl methyl sites for hydroxylation is 1. The molecule has 94 valence electrons. The summed E-state index contributed by atoms with van der Waals surface area (Å²) >= 11 is 4.32. The van der Waals surface area contributed by atoms with Crippen LogP contribution in [0.1, 0.15) is 11.1 Å². The van der Waals surface area contributed by atoms with Crippen molar-refractivity contribution in [3.63, 3.8) is 0 Å². The number of imidazole rings is 1. The molecule has 0 aromatic carbocycles. The lowest BCUT2D eigenvalue weighted by molar-refractivity contribution is 0.318. The fourth-order valence-electron chi connectivity index (χ4n) is 1.55.